The number of aliphatic imine (C=N–C) groups is 1. The van der Waals surface area contributed by atoms with E-state index in [0.717, 1.165) is 17.4 Å². The summed E-state index contributed by atoms with van der Waals surface area (Å²) in [6, 6.07) is 26.5. The van der Waals surface area contributed by atoms with Gasteiger partial charge in [0.1, 0.15) is 23.3 Å². The largest absolute Gasteiger partial charge is 0.514 e. The summed E-state index contributed by atoms with van der Waals surface area (Å²) in [4.78, 5) is 9.38. The molecule has 2 atom stereocenters. The molecule has 4 aromatic rings. The normalized spacial score (nSPS) is 19.9. The molecule has 0 radical (unpaired) electrons. The second-order valence-electron chi connectivity index (χ2n) is 9.15. The number of aromatic nitrogens is 1. The molecule has 3 aromatic carbocycles. The van der Waals surface area contributed by atoms with Crippen molar-refractivity contribution in [3.8, 4) is 17.4 Å². The summed E-state index contributed by atoms with van der Waals surface area (Å²) in [5.41, 5.74) is 3.78. The molecule has 1 aliphatic heterocycles. The Morgan fingerprint density at radius 2 is 1.82 bits per heavy atom. The molecule has 2 aliphatic rings. The second-order valence-corrected chi connectivity index (χ2v) is 9.15. The summed E-state index contributed by atoms with van der Waals surface area (Å²) in [5.74, 6) is 1.62. The van der Waals surface area contributed by atoms with E-state index in [1.165, 1.54) is 11.1 Å². The van der Waals surface area contributed by atoms with Crippen LogP contribution in [0, 0.1) is 6.07 Å². The third-order valence-corrected chi connectivity index (χ3v) is 6.61. The Balaban J connectivity index is 0.00000241. The van der Waals surface area contributed by atoms with E-state index >= 15 is 0 Å². The Morgan fingerprint density at radius 3 is 2.71 bits per heavy atom. The van der Waals surface area contributed by atoms with Crippen LogP contribution in [0.4, 0.5) is 0 Å². The maximum absolute atomic E-state index is 10.1. The molecule has 0 saturated heterocycles. The van der Waals surface area contributed by atoms with Gasteiger partial charge in [-0.15, -0.1) is 18.2 Å². The molecule has 0 amide bonds. The monoisotopic (exact) mass is 630 g/mol. The molecule has 1 aliphatic carbocycles. The Kier molecular flexibility index (Phi) is 5.69. The van der Waals surface area contributed by atoms with Crippen LogP contribution in [0.2, 0.25) is 0 Å². The fraction of sp³-hybridized carbons (Fsp3) is 0.214. The molecule has 1 aromatic heterocycles. The average molecular weight is 631 g/mol. The molecular weight excluding hydrogens is 607 g/mol. The summed E-state index contributed by atoms with van der Waals surface area (Å²) >= 11 is 0. The van der Waals surface area contributed by atoms with Crippen LogP contribution in [-0.2, 0) is 37.6 Å². The molecule has 174 valence electrons. The Bertz CT molecular complexity index is 1420. The number of nitrogens with zero attached hydrogens (tertiary/aromatic N) is 2. The van der Waals surface area contributed by atoms with Crippen LogP contribution in [-0.4, -0.2) is 28.1 Å². The van der Waals surface area contributed by atoms with Crippen molar-refractivity contribution in [2.75, 3.05) is 0 Å². The van der Waals surface area contributed by atoms with Crippen molar-refractivity contribution in [2.45, 2.75) is 37.8 Å². The van der Waals surface area contributed by atoms with E-state index in [-0.39, 0.29) is 44.4 Å². The van der Waals surface area contributed by atoms with E-state index in [2.05, 4.69) is 49.2 Å². The Hall–Kier alpha value is -3.17. The molecule has 0 unspecified atom stereocenters. The number of hydrogen-bond acceptors (Lipinski definition) is 5. The van der Waals surface area contributed by atoms with Crippen LogP contribution >= 0.6 is 0 Å². The number of pyridine rings is 1. The SMILES string of the molecule is CC1(C)c2ccccc2C[C@@H]2N=C(c3[c-]c(Oc4ccc5cccc(O)c5n4)ccc3)O[C@@H]21.[Pt]. The van der Waals surface area contributed by atoms with Gasteiger partial charge < -0.3 is 14.6 Å². The van der Waals surface area contributed by atoms with E-state index in [1.54, 1.807) is 18.2 Å². The van der Waals surface area contributed by atoms with E-state index in [4.69, 9.17) is 14.5 Å². The summed E-state index contributed by atoms with van der Waals surface area (Å²) in [5, 5.41) is 10.9. The molecule has 34 heavy (non-hydrogen) atoms. The van der Waals surface area contributed by atoms with Gasteiger partial charge in [-0.25, -0.2) is 4.98 Å². The van der Waals surface area contributed by atoms with E-state index < -0.39 is 0 Å². The Morgan fingerprint density at radius 1 is 1.00 bits per heavy atom. The zero-order valence-electron chi connectivity index (χ0n) is 18.8. The van der Waals surface area contributed by atoms with Gasteiger partial charge in [-0.1, -0.05) is 61.9 Å². The van der Waals surface area contributed by atoms with E-state index in [1.807, 2.05) is 30.3 Å². The second kappa shape index (κ2) is 8.56. The first-order chi connectivity index (χ1) is 16.0. The molecule has 5 nitrogen and oxygen atoms in total. The molecule has 6 rings (SSSR count). The number of benzene rings is 3. The number of phenols is 1. The number of ether oxygens (including phenoxy) is 2. The number of phenolic OH excluding ortho intramolecular Hbond substituents is 1. The first-order valence-electron chi connectivity index (χ1n) is 11.1. The van der Waals surface area contributed by atoms with Crippen LogP contribution in [0.15, 0.2) is 77.8 Å². The molecule has 1 N–H and O–H groups in total. The van der Waals surface area contributed by atoms with Gasteiger partial charge >= 0.3 is 0 Å². The van der Waals surface area contributed by atoms with Gasteiger partial charge in [0, 0.05) is 43.7 Å². The molecule has 0 spiro atoms. The van der Waals surface area contributed by atoms with Crippen molar-refractivity contribution < 1.29 is 35.6 Å². The first-order valence-corrected chi connectivity index (χ1v) is 11.1. The van der Waals surface area contributed by atoms with Crippen LogP contribution in [0.3, 0.4) is 0 Å². The molecule has 0 saturated carbocycles. The van der Waals surface area contributed by atoms with Gasteiger partial charge in [0.15, 0.2) is 0 Å². The fourth-order valence-electron chi connectivity index (χ4n) is 4.98. The van der Waals surface area contributed by atoms with Crippen molar-refractivity contribution in [3.05, 3.63) is 95.6 Å². The minimum Gasteiger partial charge on any atom is -0.514 e. The molecule has 2 heterocycles. The topological polar surface area (TPSA) is 63.9 Å². The molecule has 6 heteroatoms. The van der Waals surface area contributed by atoms with Crippen LogP contribution in [0.5, 0.6) is 17.4 Å². The Labute approximate surface area is 212 Å². The quantitative estimate of drug-likeness (QED) is 0.301. The van der Waals surface area contributed by atoms with Gasteiger partial charge in [0.2, 0.25) is 5.88 Å². The maximum atomic E-state index is 10.1. The molecule has 0 fully saturated rings. The fourth-order valence-corrected chi connectivity index (χ4v) is 4.98. The van der Waals surface area contributed by atoms with Gasteiger partial charge in [-0.2, -0.15) is 0 Å². The summed E-state index contributed by atoms with van der Waals surface area (Å²) in [6.45, 7) is 4.45. The van der Waals surface area contributed by atoms with Crippen LogP contribution in [0.25, 0.3) is 10.9 Å². The minimum atomic E-state index is -0.143. The third-order valence-electron chi connectivity index (χ3n) is 6.61. The smallest absolute Gasteiger partial charge is 0.217 e. The van der Waals surface area contributed by atoms with Crippen LogP contribution in [0.1, 0.15) is 30.5 Å². The number of aromatic hydroxyl groups is 1. The van der Waals surface area contributed by atoms with Crippen molar-refractivity contribution in [3.63, 3.8) is 0 Å². The van der Waals surface area contributed by atoms with Gasteiger partial charge in [0.05, 0.1) is 6.04 Å². The zero-order chi connectivity index (χ0) is 22.6. The average Bonchev–Trinajstić information content (AvgIpc) is 3.25. The number of para-hydroxylation sites is 1. The predicted octanol–water partition coefficient (Wildman–Crippen LogP) is 5.58. The van der Waals surface area contributed by atoms with Crippen molar-refractivity contribution in [2.24, 2.45) is 4.99 Å². The maximum Gasteiger partial charge on any atom is 0.217 e. The standard InChI is InChI=1S/C28H23N2O3.Pt/c1-28(2)21-11-4-3-7-18(21)16-22-26(28)33-27(29-22)19-9-5-10-20(15-19)32-24-14-13-17-8-6-12-23(31)25(17)30-24;/h3-14,22,26,31H,16H2,1-2H3;/q-1;/t22-,26-;/m0./s1. The molecular formula is C28H23N2O3Pt-. The number of hydrogen-bond donors (Lipinski definition) is 1. The zero-order valence-corrected chi connectivity index (χ0v) is 21.0. The minimum absolute atomic E-state index is 0. The number of rotatable bonds is 3. The summed E-state index contributed by atoms with van der Waals surface area (Å²) in [7, 11) is 0. The van der Waals surface area contributed by atoms with Crippen molar-refractivity contribution >= 4 is 16.8 Å². The predicted molar refractivity (Wildman–Crippen MR) is 127 cm³/mol. The number of fused-ring (bicyclic) bond motifs is 3. The van der Waals surface area contributed by atoms with Gasteiger partial charge in [-0.3, -0.25) is 4.99 Å². The summed E-state index contributed by atoms with van der Waals surface area (Å²) < 4.78 is 12.4. The first kappa shape index (κ1) is 22.6. The third kappa shape index (κ3) is 3.78. The van der Waals surface area contributed by atoms with Gasteiger partial charge in [-0.05, 0) is 29.7 Å². The van der Waals surface area contributed by atoms with Crippen molar-refractivity contribution in [1.82, 2.24) is 4.98 Å². The van der Waals surface area contributed by atoms with E-state index in [9.17, 15) is 5.11 Å². The van der Waals surface area contributed by atoms with Crippen LogP contribution < -0.4 is 4.74 Å². The van der Waals surface area contributed by atoms with E-state index in [0.29, 0.717) is 23.0 Å². The molecule has 0 bridgehead atoms. The summed E-state index contributed by atoms with van der Waals surface area (Å²) in [6.07, 6.45) is 0.847. The van der Waals surface area contributed by atoms with Crippen molar-refractivity contribution in [1.29, 1.82) is 0 Å². The van der Waals surface area contributed by atoms with Gasteiger partial charge in [0.25, 0.3) is 0 Å².